The van der Waals surface area contributed by atoms with Crippen molar-refractivity contribution in [1.29, 1.82) is 0 Å². The molecule has 2 aliphatic rings. The van der Waals surface area contributed by atoms with Crippen LogP contribution < -0.4 is 10.6 Å². The number of rotatable bonds is 4. The van der Waals surface area contributed by atoms with E-state index in [1.807, 2.05) is 37.3 Å². The highest BCUT2D eigenvalue weighted by molar-refractivity contribution is 6.31. The van der Waals surface area contributed by atoms with Crippen molar-refractivity contribution in [3.05, 3.63) is 63.7 Å². The maximum atomic E-state index is 12.8. The number of imide groups is 1. The largest absolute Gasteiger partial charge is 0.381 e. The molecule has 0 aromatic heterocycles. The van der Waals surface area contributed by atoms with E-state index in [2.05, 4.69) is 10.6 Å². The molecule has 1 saturated heterocycles. The van der Waals surface area contributed by atoms with Crippen molar-refractivity contribution in [2.45, 2.75) is 38.9 Å². The van der Waals surface area contributed by atoms with E-state index in [-0.39, 0.29) is 18.2 Å². The van der Waals surface area contributed by atoms with Gasteiger partial charge in [-0.1, -0.05) is 29.8 Å². The molecule has 2 heterocycles. The van der Waals surface area contributed by atoms with Crippen molar-refractivity contribution in [2.75, 3.05) is 5.32 Å². The van der Waals surface area contributed by atoms with Crippen molar-refractivity contribution in [2.24, 2.45) is 0 Å². The van der Waals surface area contributed by atoms with Crippen LogP contribution in [0.5, 0.6) is 0 Å². The molecule has 3 amide bonds. The van der Waals surface area contributed by atoms with Gasteiger partial charge in [0.2, 0.25) is 11.8 Å². The summed E-state index contributed by atoms with van der Waals surface area (Å²) in [6, 6.07) is 10.8. The van der Waals surface area contributed by atoms with Crippen molar-refractivity contribution >= 4 is 35.0 Å². The van der Waals surface area contributed by atoms with Crippen LogP contribution in [-0.2, 0) is 22.7 Å². The third-order valence-electron chi connectivity index (χ3n) is 5.30. The Morgan fingerprint density at radius 2 is 2.04 bits per heavy atom. The lowest BCUT2D eigenvalue weighted by molar-refractivity contribution is -0.136. The van der Waals surface area contributed by atoms with E-state index in [4.69, 9.17) is 11.6 Å². The zero-order valence-corrected chi connectivity index (χ0v) is 16.2. The summed E-state index contributed by atoms with van der Waals surface area (Å²) >= 11 is 6.20. The van der Waals surface area contributed by atoms with E-state index in [0.717, 1.165) is 27.4 Å². The van der Waals surface area contributed by atoms with Gasteiger partial charge < -0.3 is 10.2 Å². The lowest BCUT2D eigenvalue weighted by Gasteiger charge is -2.29. The Morgan fingerprint density at radius 1 is 1.21 bits per heavy atom. The molecule has 0 unspecified atom stereocenters. The van der Waals surface area contributed by atoms with Crippen LogP contribution in [0.25, 0.3) is 0 Å². The highest BCUT2D eigenvalue weighted by atomic mass is 35.5. The number of nitrogens with zero attached hydrogens (tertiary/aromatic N) is 1. The van der Waals surface area contributed by atoms with E-state index in [0.29, 0.717) is 25.1 Å². The second kappa shape index (κ2) is 7.28. The molecule has 0 bridgehead atoms. The summed E-state index contributed by atoms with van der Waals surface area (Å²) in [6.45, 7) is 2.88. The van der Waals surface area contributed by atoms with Crippen molar-refractivity contribution in [1.82, 2.24) is 10.2 Å². The minimum Gasteiger partial charge on any atom is -0.381 e. The van der Waals surface area contributed by atoms with Gasteiger partial charge >= 0.3 is 0 Å². The number of carbonyl (C=O) groups excluding carboxylic acids is 3. The molecule has 1 fully saturated rings. The van der Waals surface area contributed by atoms with Gasteiger partial charge in [0, 0.05) is 41.3 Å². The lowest BCUT2D eigenvalue weighted by Crippen LogP contribution is -2.52. The summed E-state index contributed by atoms with van der Waals surface area (Å²) in [4.78, 5) is 38.0. The third kappa shape index (κ3) is 3.36. The number of hydrogen-bond donors (Lipinski definition) is 2. The Labute approximate surface area is 167 Å². The van der Waals surface area contributed by atoms with Gasteiger partial charge in [-0.25, -0.2) is 0 Å². The van der Waals surface area contributed by atoms with E-state index in [9.17, 15) is 14.4 Å². The smallest absolute Gasteiger partial charge is 0.255 e. The predicted octanol–water partition coefficient (Wildman–Crippen LogP) is 3.02. The predicted molar refractivity (Wildman–Crippen MR) is 106 cm³/mol. The Kier molecular flexibility index (Phi) is 4.81. The van der Waals surface area contributed by atoms with Crippen LogP contribution in [0.15, 0.2) is 36.4 Å². The quantitative estimate of drug-likeness (QED) is 0.777. The molecule has 1 atom stereocenters. The van der Waals surface area contributed by atoms with Gasteiger partial charge in [-0.15, -0.1) is 0 Å². The standard InChI is InChI=1S/C21H20ClN3O3/c1-12-5-6-13(9-16(12)22)10-23-17-4-2-3-14-15(17)11-25(21(14)28)18-7-8-19(26)24-20(18)27/h2-6,9,18,23H,7-8,10-11H2,1H3,(H,24,26,27)/t18-/m0/s1. The first-order valence-electron chi connectivity index (χ1n) is 9.19. The molecule has 0 radical (unpaired) electrons. The molecule has 2 aliphatic heterocycles. The van der Waals surface area contributed by atoms with Crippen LogP contribution in [0.3, 0.4) is 0 Å². The maximum absolute atomic E-state index is 12.8. The Hall–Kier alpha value is -2.86. The lowest BCUT2D eigenvalue weighted by atomic mass is 10.0. The van der Waals surface area contributed by atoms with Crippen LogP contribution in [-0.4, -0.2) is 28.7 Å². The summed E-state index contributed by atoms with van der Waals surface area (Å²) in [5.41, 5.74) is 4.39. The number of benzene rings is 2. The van der Waals surface area contributed by atoms with E-state index >= 15 is 0 Å². The van der Waals surface area contributed by atoms with Gasteiger partial charge in [-0.2, -0.15) is 0 Å². The van der Waals surface area contributed by atoms with Crippen molar-refractivity contribution in [3.8, 4) is 0 Å². The molecule has 2 N–H and O–H groups in total. The first kappa shape index (κ1) is 18.5. The Morgan fingerprint density at radius 3 is 2.79 bits per heavy atom. The normalized spacial score (nSPS) is 18.9. The van der Waals surface area contributed by atoms with Gasteiger partial charge in [-0.3, -0.25) is 19.7 Å². The molecule has 2 aromatic carbocycles. The number of hydrogen-bond acceptors (Lipinski definition) is 4. The third-order valence-corrected chi connectivity index (χ3v) is 5.71. The summed E-state index contributed by atoms with van der Waals surface area (Å²) in [6.07, 6.45) is 0.602. The molecule has 0 aliphatic carbocycles. The zero-order valence-electron chi connectivity index (χ0n) is 15.4. The Bertz CT molecular complexity index is 989. The number of nitrogens with one attached hydrogen (secondary N) is 2. The highest BCUT2D eigenvalue weighted by Gasteiger charge is 2.39. The van der Waals surface area contributed by atoms with E-state index in [1.54, 1.807) is 11.0 Å². The van der Waals surface area contributed by atoms with E-state index < -0.39 is 11.9 Å². The van der Waals surface area contributed by atoms with Crippen LogP contribution in [0, 0.1) is 6.92 Å². The van der Waals surface area contributed by atoms with Crippen LogP contribution in [0.4, 0.5) is 5.69 Å². The number of amides is 3. The fourth-order valence-corrected chi connectivity index (χ4v) is 3.90. The van der Waals surface area contributed by atoms with Gasteiger partial charge in [0.25, 0.3) is 5.91 Å². The summed E-state index contributed by atoms with van der Waals surface area (Å²) in [7, 11) is 0. The SMILES string of the molecule is Cc1ccc(CNc2cccc3c2CN([C@H]2CCC(=O)NC2=O)C3=O)cc1Cl. The Balaban J connectivity index is 1.53. The first-order chi connectivity index (χ1) is 13.4. The average molecular weight is 398 g/mol. The van der Waals surface area contributed by atoms with Crippen molar-refractivity contribution < 1.29 is 14.4 Å². The summed E-state index contributed by atoms with van der Waals surface area (Å²) < 4.78 is 0. The maximum Gasteiger partial charge on any atom is 0.255 e. The second-order valence-corrected chi connectivity index (χ2v) is 7.58. The number of halogens is 1. The van der Waals surface area contributed by atoms with E-state index in [1.165, 1.54) is 0 Å². The number of fused-ring (bicyclic) bond motifs is 1. The number of carbonyl (C=O) groups is 3. The molecule has 6 nitrogen and oxygen atoms in total. The monoisotopic (exact) mass is 397 g/mol. The van der Waals surface area contributed by atoms with Gasteiger partial charge in [0.05, 0.1) is 0 Å². The van der Waals surface area contributed by atoms with Crippen molar-refractivity contribution in [3.63, 3.8) is 0 Å². The minimum atomic E-state index is -0.610. The average Bonchev–Trinajstić information content (AvgIpc) is 3.00. The van der Waals surface area contributed by atoms with Crippen LogP contribution in [0.1, 0.15) is 39.9 Å². The minimum absolute atomic E-state index is 0.175. The van der Waals surface area contributed by atoms with Crippen LogP contribution in [0.2, 0.25) is 5.02 Å². The highest BCUT2D eigenvalue weighted by Crippen LogP contribution is 2.32. The summed E-state index contributed by atoms with van der Waals surface area (Å²) in [5, 5.41) is 6.42. The molecular weight excluding hydrogens is 378 g/mol. The molecule has 28 heavy (non-hydrogen) atoms. The number of aryl methyl sites for hydroxylation is 1. The molecular formula is C21H20ClN3O3. The molecule has 4 rings (SSSR count). The molecule has 7 heteroatoms. The van der Waals surface area contributed by atoms with Gasteiger partial charge in [-0.05, 0) is 42.7 Å². The number of anilines is 1. The molecule has 144 valence electrons. The van der Waals surface area contributed by atoms with Gasteiger partial charge in [0.15, 0.2) is 0 Å². The van der Waals surface area contributed by atoms with Crippen LogP contribution >= 0.6 is 11.6 Å². The van der Waals surface area contributed by atoms with Gasteiger partial charge in [0.1, 0.15) is 6.04 Å². The second-order valence-electron chi connectivity index (χ2n) is 7.17. The number of piperidine rings is 1. The first-order valence-corrected chi connectivity index (χ1v) is 9.57. The topological polar surface area (TPSA) is 78.5 Å². The molecule has 2 aromatic rings. The summed E-state index contributed by atoms with van der Waals surface area (Å²) in [5.74, 6) is -0.864. The fourth-order valence-electron chi connectivity index (χ4n) is 3.69. The zero-order chi connectivity index (χ0) is 19.8. The fraction of sp³-hybridized carbons (Fsp3) is 0.286. The molecule has 0 spiro atoms. The molecule has 0 saturated carbocycles.